The van der Waals surface area contributed by atoms with E-state index in [1.165, 1.54) is 257 Å². The summed E-state index contributed by atoms with van der Waals surface area (Å²) in [5, 5.41) is 0. The van der Waals surface area contributed by atoms with Gasteiger partial charge in [0.2, 0.25) is 0 Å². The second kappa shape index (κ2) is 57.7. The Hall–Kier alpha value is -1.59. The standard InChI is InChI=1S/C65H126O6/c1-6-8-9-10-11-12-13-30-35-40-45-50-55-63(66)69-58-62(71-65(68)57-52-47-42-37-32-27-23-19-18-20-24-28-33-38-43-48-53-60(3)4)59-70-64(67)56-51-46-41-36-31-26-22-17-15-14-16-21-25-29-34-39-44-49-54-61(5)7-2/h60-62H,6-59H2,1-5H3/t61?,62-/m0/s1. The summed E-state index contributed by atoms with van der Waals surface area (Å²) in [6.07, 6.45) is 63.9. The Labute approximate surface area is 444 Å². The van der Waals surface area contributed by atoms with E-state index in [1.807, 2.05) is 0 Å². The van der Waals surface area contributed by atoms with Crippen LogP contribution in [0.2, 0.25) is 0 Å². The highest BCUT2D eigenvalue weighted by molar-refractivity contribution is 5.71. The van der Waals surface area contributed by atoms with Gasteiger partial charge < -0.3 is 14.2 Å². The van der Waals surface area contributed by atoms with Gasteiger partial charge in [-0.25, -0.2) is 0 Å². The van der Waals surface area contributed by atoms with Gasteiger partial charge in [-0.05, 0) is 31.1 Å². The Morgan fingerprint density at radius 2 is 0.535 bits per heavy atom. The minimum absolute atomic E-state index is 0.0617. The van der Waals surface area contributed by atoms with Crippen molar-refractivity contribution in [3.8, 4) is 0 Å². The normalized spacial score (nSPS) is 12.4. The van der Waals surface area contributed by atoms with Crippen molar-refractivity contribution in [3.63, 3.8) is 0 Å². The third-order valence-corrected chi connectivity index (χ3v) is 15.3. The van der Waals surface area contributed by atoms with Gasteiger partial charge in [0.05, 0.1) is 0 Å². The first-order valence-electron chi connectivity index (χ1n) is 32.3. The quantitative estimate of drug-likeness (QED) is 0.0343. The lowest BCUT2D eigenvalue weighted by Gasteiger charge is -2.18. The summed E-state index contributed by atoms with van der Waals surface area (Å²) in [4.78, 5) is 38.3. The molecule has 0 rings (SSSR count). The summed E-state index contributed by atoms with van der Waals surface area (Å²) in [6.45, 7) is 11.5. The summed E-state index contributed by atoms with van der Waals surface area (Å²) in [5.74, 6) is 0.931. The molecule has 422 valence electrons. The number of ether oxygens (including phenoxy) is 3. The van der Waals surface area contributed by atoms with Gasteiger partial charge in [-0.1, -0.05) is 330 Å². The molecule has 0 amide bonds. The third kappa shape index (κ3) is 57.5. The van der Waals surface area contributed by atoms with Gasteiger partial charge in [0, 0.05) is 19.3 Å². The Bertz CT molecular complexity index is 1090. The molecule has 0 aromatic heterocycles. The molecule has 6 nitrogen and oxygen atoms in total. The second-order valence-corrected chi connectivity index (χ2v) is 23.1. The first-order valence-corrected chi connectivity index (χ1v) is 32.3. The van der Waals surface area contributed by atoms with Crippen LogP contribution in [0.1, 0.15) is 369 Å². The smallest absolute Gasteiger partial charge is 0.306 e. The molecule has 1 unspecified atom stereocenters. The van der Waals surface area contributed by atoms with Crippen LogP contribution in [0.3, 0.4) is 0 Å². The van der Waals surface area contributed by atoms with E-state index in [9.17, 15) is 14.4 Å². The number of unbranched alkanes of at least 4 members (excludes halogenated alkanes) is 43. The number of rotatable bonds is 59. The SMILES string of the molecule is CCCCCCCCCCCCCCC(=O)OC[C@@H](COC(=O)CCCCCCCCCCCCCCCCCCCCC(C)CC)OC(=O)CCCCCCCCCCCCCCCCCCC(C)C. The van der Waals surface area contributed by atoms with Crippen LogP contribution < -0.4 is 0 Å². The number of hydrogen-bond donors (Lipinski definition) is 0. The number of carbonyl (C=O) groups excluding carboxylic acids is 3. The van der Waals surface area contributed by atoms with E-state index >= 15 is 0 Å². The summed E-state index contributed by atoms with van der Waals surface area (Å²) in [7, 11) is 0. The second-order valence-electron chi connectivity index (χ2n) is 23.1. The molecule has 0 aromatic carbocycles. The first-order chi connectivity index (χ1) is 34.8. The summed E-state index contributed by atoms with van der Waals surface area (Å²) in [6, 6.07) is 0. The van der Waals surface area contributed by atoms with Crippen molar-refractivity contribution in [3.05, 3.63) is 0 Å². The zero-order valence-electron chi connectivity index (χ0n) is 48.9. The van der Waals surface area contributed by atoms with E-state index in [0.29, 0.717) is 19.3 Å². The molecule has 0 aliphatic rings. The molecule has 6 heteroatoms. The molecular formula is C65H126O6. The molecule has 0 saturated carbocycles. The lowest BCUT2D eigenvalue weighted by atomic mass is 9.99. The highest BCUT2D eigenvalue weighted by atomic mass is 16.6. The molecule has 0 N–H and O–H groups in total. The van der Waals surface area contributed by atoms with Gasteiger partial charge in [0.1, 0.15) is 13.2 Å². The fraction of sp³-hybridized carbons (Fsp3) is 0.954. The fourth-order valence-corrected chi connectivity index (χ4v) is 10.1. The molecule has 0 fully saturated rings. The van der Waals surface area contributed by atoms with Gasteiger partial charge in [0.15, 0.2) is 6.10 Å². The van der Waals surface area contributed by atoms with Gasteiger partial charge in [-0.3, -0.25) is 14.4 Å². The van der Waals surface area contributed by atoms with E-state index in [2.05, 4.69) is 34.6 Å². The zero-order valence-corrected chi connectivity index (χ0v) is 48.9. The topological polar surface area (TPSA) is 78.9 Å². The Balaban J connectivity index is 4.22. The third-order valence-electron chi connectivity index (χ3n) is 15.3. The van der Waals surface area contributed by atoms with Crippen molar-refractivity contribution in [2.24, 2.45) is 11.8 Å². The Morgan fingerprint density at radius 1 is 0.296 bits per heavy atom. The minimum Gasteiger partial charge on any atom is -0.462 e. The van der Waals surface area contributed by atoms with Crippen LogP contribution >= 0.6 is 0 Å². The molecule has 0 radical (unpaired) electrons. The molecule has 0 spiro atoms. The van der Waals surface area contributed by atoms with Crippen LogP contribution in [-0.4, -0.2) is 37.2 Å². The van der Waals surface area contributed by atoms with Crippen LogP contribution in [0, 0.1) is 11.8 Å². The largest absolute Gasteiger partial charge is 0.462 e. The highest BCUT2D eigenvalue weighted by Gasteiger charge is 2.19. The van der Waals surface area contributed by atoms with Crippen molar-refractivity contribution >= 4 is 17.9 Å². The predicted octanol–water partition coefficient (Wildman–Crippen LogP) is 21.6. The van der Waals surface area contributed by atoms with Crippen LogP contribution in [0.25, 0.3) is 0 Å². The maximum atomic E-state index is 12.9. The first kappa shape index (κ1) is 69.4. The van der Waals surface area contributed by atoms with Gasteiger partial charge >= 0.3 is 17.9 Å². The average Bonchev–Trinajstić information content (AvgIpc) is 3.36. The molecular weight excluding hydrogens is 877 g/mol. The summed E-state index contributed by atoms with van der Waals surface area (Å²) in [5.41, 5.74) is 0. The summed E-state index contributed by atoms with van der Waals surface area (Å²) < 4.78 is 16.9. The molecule has 0 aliphatic heterocycles. The molecule has 2 atom stereocenters. The zero-order chi connectivity index (χ0) is 51.8. The van der Waals surface area contributed by atoms with Gasteiger partial charge in [0.25, 0.3) is 0 Å². The maximum Gasteiger partial charge on any atom is 0.306 e. The van der Waals surface area contributed by atoms with Crippen molar-refractivity contribution in [2.75, 3.05) is 13.2 Å². The van der Waals surface area contributed by atoms with E-state index in [-0.39, 0.29) is 31.1 Å². The molecule has 0 aromatic rings. The molecule has 0 bridgehead atoms. The minimum atomic E-state index is -0.763. The predicted molar refractivity (Wildman–Crippen MR) is 307 cm³/mol. The van der Waals surface area contributed by atoms with Gasteiger partial charge in [-0.15, -0.1) is 0 Å². The molecule has 0 heterocycles. The molecule has 0 saturated heterocycles. The van der Waals surface area contributed by atoms with E-state index in [1.54, 1.807) is 0 Å². The summed E-state index contributed by atoms with van der Waals surface area (Å²) >= 11 is 0. The lowest BCUT2D eigenvalue weighted by molar-refractivity contribution is -0.167. The number of hydrogen-bond acceptors (Lipinski definition) is 6. The highest BCUT2D eigenvalue weighted by Crippen LogP contribution is 2.19. The van der Waals surface area contributed by atoms with Crippen LogP contribution in [-0.2, 0) is 28.6 Å². The monoisotopic (exact) mass is 1000 g/mol. The molecule has 0 aliphatic carbocycles. The van der Waals surface area contributed by atoms with Crippen LogP contribution in [0.4, 0.5) is 0 Å². The van der Waals surface area contributed by atoms with Crippen LogP contribution in [0.15, 0.2) is 0 Å². The maximum absolute atomic E-state index is 12.9. The van der Waals surface area contributed by atoms with E-state index in [4.69, 9.17) is 14.2 Å². The average molecular weight is 1000 g/mol. The molecule has 71 heavy (non-hydrogen) atoms. The van der Waals surface area contributed by atoms with Gasteiger partial charge in [-0.2, -0.15) is 0 Å². The van der Waals surface area contributed by atoms with Crippen LogP contribution in [0.5, 0.6) is 0 Å². The van der Waals surface area contributed by atoms with Crippen molar-refractivity contribution in [2.45, 2.75) is 375 Å². The van der Waals surface area contributed by atoms with Crippen molar-refractivity contribution < 1.29 is 28.6 Å². The number of carbonyl (C=O) groups is 3. The van der Waals surface area contributed by atoms with E-state index < -0.39 is 6.10 Å². The number of esters is 3. The lowest BCUT2D eigenvalue weighted by Crippen LogP contribution is -2.30. The van der Waals surface area contributed by atoms with Crippen molar-refractivity contribution in [1.29, 1.82) is 0 Å². The fourth-order valence-electron chi connectivity index (χ4n) is 10.1. The Morgan fingerprint density at radius 3 is 0.803 bits per heavy atom. The van der Waals surface area contributed by atoms with E-state index in [0.717, 1.165) is 69.6 Å². The Kier molecular flexibility index (Phi) is 56.4. The van der Waals surface area contributed by atoms with Crippen molar-refractivity contribution in [1.82, 2.24) is 0 Å².